The molecule has 18 heavy (non-hydrogen) atoms. The summed E-state index contributed by atoms with van der Waals surface area (Å²) < 4.78 is 18.9. The summed E-state index contributed by atoms with van der Waals surface area (Å²) in [6, 6.07) is 8.90. The molecule has 2 aromatic carbocycles. The van der Waals surface area contributed by atoms with Gasteiger partial charge in [0, 0.05) is 11.1 Å². The quantitative estimate of drug-likeness (QED) is 0.753. The van der Waals surface area contributed by atoms with E-state index in [1.54, 1.807) is 12.1 Å². The van der Waals surface area contributed by atoms with Crippen molar-refractivity contribution in [2.45, 2.75) is 0 Å². The highest BCUT2D eigenvalue weighted by atomic mass is 79.9. The third kappa shape index (κ3) is 2.89. The van der Waals surface area contributed by atoms with Gasteiger partial charge in [0.25, 0.3) is 0 Å². The molecule has 0 N–H and O–H groups in total. The van der Waals surface area contributed by atoms with Gasteiger partial charge in [-0.1, -0.05) is 11.6 Å². The molecule has 2 aromatic rings. The van der Waals surface area contributed by atoms with Crippen molar-refractivity contribution >= 4 is 33.8 Å². The highest BCUT2D eigenvalue weighted by molar-refractivity contribution is 9.10. The molecule has 0 aliphatic heterocycles. The fourth-order valence-corrected chi connectivity index (χ4v) is 1.88. The van der Waals surface area contributed by atoms with Crippen LogP contribution >= 0.6 is 27.5 Å². The van der Waals surface area contributed by atoms with Crippen molar-refractivity contribution in [1.82, 2.24) is 0 Å². The van der Waals surface area contributed by atoms with Gasteiger partial charge in [-0.3, -0.25) is 4.79 Å². The number of halogens is 3. The number of ether oxygens (including phenoxy) is 1. The fourth-order valence-electron chi connectivity index (χ4n) is 1.36. The molecule has 0 heterocycles. The number of carbonyl (C=O) groups is 1. The topological polar surface area (TPSA) is 26.3 Å². The van der Waals surface area contributed by atoms with Gasteiger partial charge in [-0.15, -0.1) is 0 Å². The molecule has 2 rings (SSSR count). The number of benzene rings is 2. The highest BCUT2D eigenvalue weighted by Gasteiger charge is 2.07. The Morgan fingerprint density at radius 3 is 2.67 bits per heavy atom. The SMILES string of the molecule is O=Cc1ccc(Cl)cc1Oc1ccc(F)c(Br)c1. The minimum atomic E-state index is -0.385. The first-order chi connectivity index (χ1) is 8.60. The van der Waals surface area contributed by atoms with Crippen LogP contribution in [0, 0.1) is 5.82 Å². The zero-order valence-corrected chi connectivity index (χ0v) is 11.3. The summed E-state index contributed by atoms with van der Waals surface area (Å²) in [5.74, 6) is 0.355. The van der Waals surface area contributed by atoms with Gasteiger partial charge in [-0.25, -0.2) is 4.39 Å². The zero-order valence-electron chi connectivity index (χ0n) is 8.99. The van der Waals surface area contributed by atoms with Crippen LogP contribution in [0.5, 0.6) is 11.5 Å². The Morgan fingerprint density at radius 2 is 2.00 bits per heavy atom. The van der Waals surface area contributed by atoms with E-state index in [1.165, 1.54) is 24.3 Å². The lowest BCUT2D eigenvalue weighted by atomic mass is 10.2. The van der Waals surface area contributed by atoms with Gasteiger partial charge >= 0.3 is 0 Å². The lowest BCUT2D eigenvalue weighted by Gasteiger charge is -2.08. The maximum absolute atomic E-state index is 13.1. The Bertz CT molecular complexity index is 602. The van der Waals surface area contributed by atoms with Crippen molar-refractivity contribution < 1.29 is 13.9 Å². The van der Waals surface area contributed by atoms with E-state index >= 15 is 0 Å². The van der Waals surface area contributed by atoms with Gasteiger partial charge in [0.1, 0.15) is 17.3 Å². The molecule has 0 spiro atoms. The van der Waals surface area contributed by atoms with Crippen LogP contribution in [0.1, 0.15) is 10.4 Å². The number of hydrogen-bond acceptors (Lipinski definition) is 2. The molecule has 0 saturated heterocycles. The number of hydrogen-bond donors (Lipinski definition) is 0. The smallest absolute Gasteiger partial charge is 0.153 e. The molecule has 0 radical (unpaired) electrons. The van der Waals surface area contributed by atoms with Gasteiger partial charge in [0.15, 0.2) is 6.29 Å². The van der Waals surface area contributed by atoms with Gasteiger partial charge in [0.05, 0.1) is 10.0 Å². The first kappa shape index (κ1) is 13.1. The van der Waals surface area contributed by atoms with E-state index in [9.17, 15) is 9.18 Å². The predicted octanol–water partition coefficient (Wildman–Crippen LogP) is 4.85. The minimum absolute atomic E-state index is 0.287. The molecule has 2 nitrogen and oxygen atoms in total. The zero-order chi connectivity index (χ0) is 13.1. The molecule has 0 amide bonds. The predicted molar refractivity (Wildman–Crippen MR) is 71.0 cm³/mol. The van der Waals surface area contributed by atoms with E-state index < -0.39 is 0 Å². The van der Waals surface area contributed by atoms with Crippen molar-refractivity contribution in [3.8, 4) is 11.5 Å². The van der Waals surface area contributed by atoms with Crippen LogP contribution in [0.3, 0.4) is 0 Å². The summed E-state index contributed by atoms with van der Waals surface area (Å²) in [5.41, 5.74) is 0.375. The number of carbonyl (C=O) groups excluding carboxylic acids is 1. The van der Waals surface area contributed by atoms with Crippen molar-refractivity contribution in [2.24, 2.45) is 0 Å². The first-order valence-electron chi connectivity index (χ1n) is 4.98. The van der Waals surface area contributed by atoms with Crippen molar-refractivity contribution in [2.75, 3.05) is 0 Å². The molecular weight excluding hydrogens is 322 g/mol. The van der Waals surface area contributed by atoms with Gasteiger partial charge < -0.3 is 4.74 Å². The van der Waals surface area contributed by atoms with Crippen LogP contribution in [0.15, 0.2) is 40.9 Å². The van der Waals surface area contributed by atoms with Crippen LogP contribution < -0.4 is 4.74 Å². The number of aldehydes is 1. The Kier molecular flexibility index (Phi) is 3.99. The summed E-state index contributed by atoms with van der Waals surface area (Å²) in [7, 11) is 0. The van der Waals surface area contributed by atoms with Crippen LogP contribution in [0.2, 0.25) is 5.02 Å². The number of rotatable bonds is 3. The van der Waals surface area contributed by atoms with E-state index in [1.807, 2.05) is 0 Å². The largest absolute Gasteiger partial charge is 0.457 e. The van der Waals surface area contributed by atoms with Crippen LogP contribution in [0.4, 0.5) is 4.39 Å². The minimum Gasteiger partial charge on any atom is -0.457 e. The lowest BCUT2D eigenvalue weighted by molar-refractivity contribution is 0.112. The van der Waals surface area contributed by atoms with Crippen molar-refractivity contribution in [3.05, 3.63) is 57.3 Å². The van der Waals surface area contributed by atoms with Crippen LogP contribution in [0.25, 0.3) is 0 Å². The van der Waals surface area contributed by atoms with E-state index in [2.05, 4.69) is 15.9 Å². The molecule has 0 atom stereocenters. The molecule has 92 valence electrons. The summed E-state index contributed by atoms with van der Waals surface area (Å²) in [5, 5.41) is 0.455. The Balaban J connectivity index is 2.35. The summed E-state index contributed by atoms with van der Waals surface area (Å²) in [6.45, 7) is 0. The standard InChI is InChI=1S/C13H7BrClFO2/c14-11-6-10(3-4-12(11)16)18-13-5-9(15)2-1-8(13)7-17/h1-7H. The molecule has 0 bridgehead atoms. The Morgan fingerprint density at radius 1 is 1.22 bits per heavy atom. The van der Waals surface area contributed by atoms with Gasteiger partial charge in [-0.05, 0) is 46.3 Å². The monoisotopic (exact) mass is 328 g/mol. The Hall–Kier alpha value is -1.39. The molecule has 0 saturated carbocycles. The molecule has 0 aliphatic carbocycles. The third-order valence-corrected chi connectivity index (χ3v) is 3.06. The normalized spacial score (nSPS) is 10.2. The second-order valence-corrected chi connectivity index (χ2v) is 4.77. The maximum atomic E-state index is 13.1. The van der Waals surface area contributed by atoms with Gasteiger partial charge in [-0.2, -0.15) is 0 Å². The summed E-state index contributed by atoms with van der Waals surface area (Å²) in [4.78, 5) is 10.9. The molecule has 0 aromatic heterocycles. The van der Waals surface area contributed by atoms with Crippen molar-refractivity contribution in [3.63, 3.8) is 0 Å². The third-order valence-electron chi connectivity index (χ3n) is 2.22. The average molecular weight is 330 g/mol. The van der Waals surface area contributed by atoms with E-state index in [0.717, 1.165) is 0 Å². The highest BCUT2D eigenvalue weighted by Crippen LogP contribution is 2.29. The van der Waals surface area contributed by atoms with E-state index in [0.29, 0.717) is 28.4 Å². The summed E-state index contributed by atoms with van der Waals surface area (Å²) in [6.07, 6.45) is 0.671. The maximum Gasteiger partial charge on any atom is 0.153 e. The molecule has 0 aliphatic rings. The van der Waals surface area contributed by atoms with Crippen molar-refractivity contribution in [1.29, 1.82) is 0 Å². The van der Waals surface area contributed by atoms with E-state index in [4.69, 9.17) is 16.3 Å². The summed E-state index contributed by atoms with van der Waals surface area (Å²) >= 11 is 8.89. The molecule has 0 fully saturated rings. The first-order valence-corrected chi connectivity index (χ1v) is 6.15. The second-order valence-electron chi connectivity index (χ2n) is 3.48. The fraction of sp³-hybridized carbons (Fsp3) is 0. The van der Waals surface area contributed by atoms with Gasteiger partial charge in [0.2, 0.25) is 0 Å². The van der Waals surface area contributed by atoms with Crippen LogP contribution in [-0.2, 0) is 0 Å². The second kappa shape index (κ2) is 5.50. The van der Waals surface area contributed by atoms with E-state index in [-0.39, 0.29) is 10.3 Å². The lowest BCUT2D eigenvalue weighted by Crippen LogP contribution is -1.91. The molecule has 5 heteroatoms. The molecular formula is C13H7BrClFO2. The Labute approximate surface area is 116 Å². The average Bonchev–Trinajstić information content (AvgIpc) is 2.34. The molecule has 0 unspecified atom stereocenters. The van der Waals surface area contributed by atoms with Crippen LogP contribution in [-0.4, -0.2) is 6.29 Å².